The first-order valence-electron chi connectivity index (χ1n) is 10.7. The summed E-state index contributed by atoms with van der Waals surface area (Å²) >= 11 is 0. The van der Waals surface area contributed by atoms with Crippen LogP contribution >= 0.6 is 0 Å². The minimum Gasteiger partial charge on any atom is -0.379 e. The molecule has 0 unspecified atom stereocenters. The lowest BCUT2D eigenvalue weighted by atomic mass is 10.0. The van der Waals surface area contributed by atoms with Crippen LogP contribution in [0.4, 0.5) is 5.69 Å². The summed E-state index contributed by atoms with van der Waals surface area (Å²) in [6.45, 7) is 4.24. The molecule has 0 radical (unpaired) electrons. The van der Waals surface area contributed by atoms with Crippen LogP contribution in [0.15, 0.2) is 67.0 Å². The number of para-hydroxylation sites is 1. The van der Waals surface area contributed by atoms with Crippen molar-refractivity contribution < 1.29 is 9.53 Å². The Morgan fingerprint density at radius 3 is 2.75 bits per heavy atom. The maximum absolute atomic E-state index is 13.3. The number of benzene rings is 2. The fourth-order valence-corrected chi connectivity index (χ4v) is 4.03. The van der Waals surface area contributed by atoms with E-state index in [9.17, 15) is 4.79 Å². The lowest BCUT2D eigenvalue weighted by Crippen LogP contribution is -2.35. The van der Waals surface area contributed by atoms with E-state index in [0.29, 0.717) is 5.56 Å². The van der Waals surface area contributed by atoms with Crippen LogP contribution in [0, 0.1) is 0 Å². The molecule has 3 heterocycles. The van der Waals surface area contributed by atoms with Gasteiger partial charge in [-0.3, -0.25) is 14.4 Å². The molecule has 1 N–H and O–H groups in total. The van der Waals surface area contributed by atoms with Crippen LogP contribution < -0.4 is 5.32 Å². The van der Waals surface area contributed by atoms with E-state index in [1.54, 1.807) is 10.9 Å². The number of fused-ring (bicyclic) bond motifs is 1. The third kappa shape index (κ3) is 4.39. The number of carbonyl (C=O) groups is 1. The van der Waals surface area contributed by atoms with Crippen LogP contribution in [0.25, 0.3) is 22.2 Å². The molecule has 162 valence electrons. The van der Waals surface area contributed by atoms with Crippen molar-refractivity contribution in [1.82, 2.24) is 19.7 Å². The fourth-order valence-electron chi connectivity index (χ4n) is 4.03. The van der Waals surface area contributed by atoms with Crippen molar-refractivity contribution in [1.29, 1.82) is 0 Å². The number of pyridine rings is 1. The Kier molecular flexibility index (Phi) is 5.66. The van der Waals surface area contributed by atoms with Crippen molar-refractivity contribution in [3.8, 4) is 11.3 Å². The highest BCUT2D eigenvalue weighted by atomic mass is 16.5. The van der Waals surface area contributed by atoms with E-state index >= 15 is 0 Å². The zero-order valence-electron chi connectivity index (χ0n) is 18.0. The molecule has 2 aromatic carbocycles. The Morgan fingerprint density at radius 2 is 1.94 bits per heavy atom. The van der Waals surface area contributed by atoms with Crippen LogP contribution in [0.2, 0.25) is 0 Å². The van der Waals surface area contributed by atoms with Crippen LogP contribution in [0.5, 0.6) is 0 Å². The number of nitrogens with zero attached hydrogens (tertiary/aromatic N) is 4. The second-order valence-electron chi connectivity index (χ2n) is 8.02. The monoisotopic (exact) mass is 427 g/mol. The zero-order valence-corrected chi connectivity index (χ0v) is 18.0. The highest BCUT2D eigenvalue weighted by molar-refractivity contribution is 6.13. The molecule has 1 aliphatic heterocycles. The van der Waals surface area contributed by atoms with Crippen molar-refractivity contribution >= 4 is 22.5 Å². The Bertz CT molecular complexity index is 1260. The van der Waals surface area contributed by atoms with Gasteiger partial charge in [0.25, 0.3) is 5.91 Å². The summed E-state index contributed by atoms with van der Waals surface area (Å²) in [5.41, 5.74) is 4.92. The fraction of sp³-hybridized carbons (Fsp3) is 0.240. The van der Waals surface area contributed by atoms with E-state index in [0.717, 1.165) is 60.7 Å². The van der Waals surface area contributed by atoms with Gasteiger partial charge < -0.3 is 10.1 Å². The van der Waals surface area contributed by atoms with Gasteiger partial charge in [0.1, 0.15) is 0 Å². The largest absolute Gasteiger partial charge is 0.379 e. The van der Waals surface area contributed by atoms with Gasteiger partial charge in [0.2, 0.25) is 0 Å². The van der Waals surface area contributed by atoms with Crippen molar-refractivity contribution in [3.05, 3.63) is 78.1 Å². The van der Waals surface area contributed by atoms with Gasteiger partial charge in [0.05, 0.1) is 36.2 Å². The summed E-state index contributed by atoms with van der Waals surface area (Å²) in [6.07, 6.45) is 3.65. The number of morpholine rings is 1. The molecule has 0 atom stereocenters. The molecule has 5 rings (SSSR count). The molecule has 2 aromatic heterocycles. The van der Waals surface area contributed by atoms with Crippen LogP contribution in [-0.4, -0.2) is 51.9 Å². The van der Waals surface area contributed by atoms with Crippen LogP contribution in [-0.2, 0) is 18.3 Å². The first kappa shape index (κ1) is 20.4. The van der Waals surface area contributed by atoms with Crippen LogP contribution in [0.1, 0.15) is 15.9 Å². The molecular formula is C25H25N5O2. The molecule has 0 saturated carbocycles. The normalized spacial score (nSPS) is 14.5. The third-order valence-corrected chi connectivity index (χ3v) is 5.66. The number of aromatic nitrogens is 3. The SMILES string of the molecule is Cn1cc(-c2cc(C(=O)Nc3cccc(CN4CCOCC4)c3)c3ccccc3n2)cn1. The predicted octanol–water partition coefficient (Wildman–Crippen LogP) is 3.72. The van der Waals surface area contributed by atoms with Gasteiger partial charge in [-0.05, 0) is 29.8 Å². The maximum atomic E-state index is 13.3. The van der Waals surface area contributed by atoms with Crippen molar-refractivity contribution in [2.75, 3.05) is 31.6 Å². The van der Waals surface area contributed by atoms with Crippen molar-refractivity contribution in [2.45, 2.75) is 6.54 Å². The molecule has 1 aliphatic rings. The molecule has 1 amide bonds. The van der Waals surface area contributed by atoms with Gasteiger partial charge in [-0.1, -0.05) is 30.3 Å². The first-order valence-corrected chi connectivity index (χ1v) is 10.7. The standard InChI is InChI=1S/C25H25N5O2/c1-29-17-19(15-26-29)24-14-22(21-7-2-3-8-23(21)28-24)25(31)27-20-6-4-5-18(13-20)16-30-9-11-32-12-10-30/h2-8,13-15,17H,9-12,16H2,1H3,(H,27,31). The molecule has 4 aromatic rings. The maximum Gasteiger partial charge on any atom is 0.256 e. The average Bonchev–Trinajstić information content (AvgIpc) is 3.25. The zero-order chi connectivity index (χ0) is 21.9. The van der Waals surface area contributed by atoms with E-state index in [-0.39, 0.29) is 5.91 Å². The molecule has 7 heteroatoms. The quantitative estimate of drug-likeness (QED) is 0.526. The molecule has 0 bridgehead atoms. The van der Waals surface area contributed by atoms with Crippen molar-refractivity contribution in [3.63, 3.8) is 0 Å². The molecule has 0 aliphatic carbocycles. The Balaban J connectivity index is 1.43. The average molecular weight is 428 g/mol. The molecule has 7 nitrogen and oxygen atoms in total. The second-order valence-corrected chi connectivity index (χ2v) is 8.02. The topological polar surface area (TPSA) is 72.3 Å². The van der Waals surface area contributed by atoms with E-state index in [2.05, 4.69) is 21.4 Å². The van der Waals surface area contributed by atoms with Gasteiger partial charge in [-0.2, -0.15) is 5.10 Å². The number of carbonyl (C=O) groups excluding carboxylic acids is 1. The molecule has 1 saturated heterocycles. The van der Waals surface area contributed by atoms with Crippen molar-refractivity contribution in [2.24, 2.45) is 7.05 Å². The Hall–Kier alpha value is -3.55. The number of rotatable bonds is 5. The van der Waals surface area contributed by atoms with Crippen LogP contribution in [0.3, 0.4) is 0 Å². The smallest absolute Gasteiger partial charge is 0.256 e. The molecule has 1 fully saturated rings. The second kappa shape index (κ2) is 8.90. The number of nitrogens with one attached hydrogen (secondary N) is 1. The Labute approximate surface area is 186 Å². The van der Waals surface area contributed by atoms with Gasteiger partial charge in [0.15, 0.2) is 0 Å². The number of ether oxygens (including phenoxy) is 1. The number of amides is 1. The summed E-state index contributed by atoms with van der Waals surface area (Å²) in [5.74, 6) is -0.155. The molecular weight excluding hydrogens is 402 g/mol. The molecule has 0 spiro atoms. The van der Waals surface area contributed by atoms with E-state index in [4.69, 9.17) is 9.72 Å². The summed E-state index contributed by atoms with van der Waals surface area (Å²) in [7, 11) is 1.86. The summed E-state index contributed by atoms with van der Waals surface area (Å²) < 4.78 is 7.16. The number of hydrogen-bond donors (Lipinski definition) is 1. The van der Waals surface area contributed by atoms with Gasteiger partial charge in [0, 0.05) is 49.5 Å². The van der Waals surface area contributed by atoms with E-state index in [1.165, 1.54) is 5.56 Å². The highest BCUT2D eigenvalue weighted by Gasteiger charge is 2.16. The van der Waals surface area contributed by atoms with Gasteiger partial charge >= 0.3 is 0 Å². The minimum absolute atomic E-state index is 0.155. The summed E-state index contributed by atoms with van der Waals surface area (Å²) in [5, 5.41) is 8.14. The number of hydrogen-bond acceptors (Lipinski definition) is 5. The summed E-state index contributed by atoms with van der Waals surface area (Å²) in [4.78, 5) is 20.4. The minimum atomic E-state index is -0.155. The molecule has 32 heavy (non-hydrogen) atoms. The van der Waals surface area contributed by atoms with E-state index in [1.807, 2.05) is 61.8 Å². The lowest BCUT2D eigenvalue weighted by molar-refractivity contribution is 0.0342. The van der Waals surface area contributed by atoms with Gasteiger partial charge in [-0.15, -0.1) is 0 Å². The predicted molar refractivity (Wildman–Crippen MR) is 124 cm³/mol. The number of aryl methyl sites for hydroxylation is 1. The highest BCUT2D eigenvalue weighted by Crippen LogP contribution is 2.25. The van der Waals surface area contributed by atoms with Gasteiger partial charge in [-0.25, -0.2) is 4.98 Å². The lowest BCUT2D eigenvalue weighted by Gasteiger charge is -2.26. The summed E-state index contributed by atoms with van der Waals surface area (Å²) in [6, 6.07) is 17.6. The first-order chi connectivity index (χ1) is 15.7. The third-order valence-electron chi connectivity index (χ3n) is 5.66. The van der Waals surface area contributed by atoms with E-state index < -0.39 is 0 Å². The number of anilines is 1. The Morgan fingerprint density at radius 1 is 1.09 bits per heavy atom.